The fraction of sp³-hybridized carbons (Fsp3) is 0.682. The minimum absolute atomic E-state index is 0.142. The first-order chi connectivity index (χ1) is 13.4. The number of likely N-dealkylation sites (tertiary alicyclic amines) is 1. The van der Waals surface area contributed by atoms with Crippen molar-refractivity contribution in [3.8, 4) is 0 Å². The number of carbonyl (C=O) groups excluding carboxylic acids is 1. The van der Waals surface area contributed by atoms with Gasteiger partial charge < -0.3 is 4.90 Å². The zero-order valence-electron chi connectivity index (χ0n) is 17.0. The highest BCUT2D eigenvalue weighted by molar-refractivity contribution is 7.92. The fourth-order valence-corrected chi connectivity index (χ4v) is 5.53. The monoisotopic (exact) mass is 411 g/mol. The molecule has 2 rings (SSSR count). The number of carbonyl (C=O) groups is 1. The van der Waals surface area contributed by atoms with Gasteiger partial charge >= 0.3 is 0 Å². The van der Waals surface area contributed by atoms with Crippen LogP contribution in [0.5, 0.6) is 0 Å². The summed E-state index contributed by atoms with van der Waals surface area (Å²) in [4.78, 5) is 14.3. The normalized spacial score (nSPS) is 15.7. The molecule has 158 valence electrons. The Morgan fingerprint density at radius 3 is 2.07 bits per heavy atom. The van der Waals surface area contributed by atoms with Gasteiger partial charge in [-0.2, -0.15) is 0 Å². The van der Waals surface area contributed by atoms with Gasteiger partial charge in [-0.3, -0.25) is 4.79 Å². The Hall–Kier alpha value is -1.43. The van der Waals surface area contributed by atoms with Crippen LogP contribution in [0.25, 0.3) is 0 Å². The van der Waals surface area contributed by atoms with Crippen LogP contribution in [0, 0.1) is 5.82 Å². The number of nitrogens with zero attached hydrogens (tertiary/aromatic N) is 1. The lowest BCUT2D eigenvalue weighted by Crippen LogP contribution is -2.42. The molecule has 6 heteroatoms. The predicted molar refractivity (Wildman–Crippen MR) is 110 cm³/mol. The number of unbranched alkanes of at least 4 members (excludes halogenated alkanes) is 7. The quantitative estimate of drug-likeness (QED) is 0.375. The second-order valence-corrected chi connectivity index (χ2v) is 10.0. The molecule has 0 bridgehead atoms. The van der Waals surface area contributed by atoms with Crippen molar-refractivity contribution in [3.63, 3.8) is 0 Å². The number of halogens is 1. The third kappa shape index (κ3) is 6.87. The van der Waals surface area contributed by atoms with Crippen molar-refractivity contribution in [2.75, 3.05) is 13.1 Å². The SMILES string of the molecule is CCCCCCCCCCC(=O)N1CCC(S(=O)(=O)c2ccc(F)cc2)CC1. The van der Waals surface area contributed by atoms with E-state index in [0.29, 0.717) is 32.4 Å². The molecule has 0 spiro atoms. The van der Waals surface area contributed by atoms with Crippen LogP contribution in [-0.2, 0) is 14.6 Å². The second-order valence-electron chi connectivity index (χ2n) is 7.80. The molecule has 0 unspecified atom stereocenters. The highest BCUT2D eigenvalue weighted by atomic mass is 32.2. The number of amides is 1. The first-order valence-electron chi connectivity index (χ1n) is 10.7. The lowest BCUT2D eigenvalue weighted by molar-refractivity contribution is -0.132. The molecule has 0 aliphatic carbocycles. The first-order valence-corrected chi connectivity index (χ1v) is 12.3. The molecule has 1 saturated heterocycles. The average molecular weight is 412 g/mol. The fourth-order valence-electron chi connectivity index (χ4n) is 3.80. The van der Waals surface area contributed by atoms with E-state index in [2.05, 4.69) is 6.92 Å². The maximum absolute atomic E-state index is 13.0. The van der Waals surface area contributed by atoms with Crippen molar-refractivity contribution >= 4 is 15.7 Å². The van der Waals surface area contributed by atoms with Crippen molar-refractivity contribution in [3.05, 3.63) is 30.1 Å². The van der Waals surface area contributed by atoms with E-state index >= 15 is 0 Å². The van der Waals surface area contributed by atoms with Crippen molar-refractivity contribution < 1.29 is 17.6 Å². The van der Waals surface area contributed by atoms with E-state index in [1.54, 1.807) is 4.90 Å². The molecule has 0 atom stereocenters. The highest BCUT2D eigenvalue weighted by Crippen LogP contribution is 2.25. The van der Waals surface area contributed by atoms with E-state index in [4.69, 9.17) is 0 Å². The van der Waals surface area contributed by atoms with Gasteiger partial charge in [-0.15, -0.1) is 0 Å². The third-order valence-electron chi connectivity index (χ3n) is 5.62. The summed E-state index contributed by atoms with van der Waals surface area (Å²) in [5.41, 5.74) is 0. The van der Waals surface area contributed by atoms with E-state index in [1.807, 2.05) is 0 Å². The molecule has 1 heterocycles. The van der Waals surface area contributed by atoms with Crippen LogP contribution in [0.4, 0.5) is 4.39 Å². The topological polar surface area (TPSA) is 54.5 Å². The van der Waals surface area contributed by atoms with E-state index in [0.717, 1.165) is 12.8 Å². The van der Waals surface area contributed by atoms with Crippen LogP contribution in [0.1, 0.15) is 77.6 Å². The minimum Gasteiger partial charge on any atom is -0.343 e. The molecule has 0 N–H and O–H groups in total. The Labute approximate surface area is 169 Å². The zero-order chi connectivity index (χ0) is 20.4. The van der Waals surface area contributed by atoms with Gasteiger partial charge in [-0.05, 0) is 43.5 Å². The van der Waals surface area contributed by atoms with Crippen molar-refractivity contribution in [2.24, 2.45) is 0 Å². The molecule has 0 aromatic heterocycles. The van der Waals surface area contributed by atoms with E-state index < -0.39 is 20.9 Å². The van der Waals surface area contributed by atoms with Crippen molar-refractivity contribution in [1.29, 1.82) is 0 Å². The molecule has 1 aliphatic heterocycles. The summed E-state index contributed by atoms with van der Waals surface area (Å²) in [6.45, 7) is 3.19. The molecule has 1 aliphatic rings. The Bertz CT molecular complexity index is 695. The molecule has 1 aromatic rings. The molecule has 1 amide bonds. The molecule has 28 heavy (non-hydrogen) atoms. The molecule has 1 fully saturated rings. The third-order valence-corrected chi connectivity index (χ3v) is 7.90. The largest absolute Gasteiger partial charge is 0.343 e. The van der Waals surface area contributed by atoms with Crippen LogP contribution in [0.15, 0.2) is 29.2 Å². The number of piperidine rings is 1. The smallest absolute Gasteiger partial charge is 0.222 e. The summed E-state index contributed by atoms with van der Waals surface area (Å²) in [7, 11) is -3.47. The summed E-state index contributed by atoms with van der Waals surface area (Å²) >= 11 is 0. The molecular formula is C22H34FNO3S. The summed E-state index contributed by atoms with van der Waals surface area (Å²) in [5, 5.41) is -0.495. The average Bonchev–Trinajstić information content (AvgIpc) is 2.70. The lowest BCUT2D eigenvalue weighted by Gasteiger charge is -2.32. The molecule has 1 aromatic carbocycles. The van der Waals surface area contributed by atoms with Gasteiger partial charge in [0.1, 0.15) is 5.82 Å². The maximum atomic E-state index is 13.0. The number of hydrogen-bond acceptors (Lipinski definition) is 3. The van der Waals surface area contributed by atoms with Gasteiger partial charge in [0.25, 0.3) is 0 Å². The van der Waals surface area contributed by atoms with Crippen LogP contribution in [0.3, 0.4) is 0 Å². The molecule has 0 radical (unpaired) electrons. The second kappa shape index (κ2) is 11.5. The lowest BCUT2D eigenvalue weighted by atomic mass is 10.1. The first kappa shape index (κ1) is 22.9. The van der Waals surface area contributed by atoms with E-state index in [1.165, 1.54) is 62.8 Å². The standard InChI is InChI=1S/C22H34FNO3S/c1-2-3-4-5-6-7-8-9-10-22(25)24-17-15-21(16-18-24)28(26,27)20-13-11-19(23)12-14-20/h11-14,21H,2-10,15-18H2,1H3. The van der Waals surface area contributed by atoms with E-state index in [-0.39, 0.29) is 10.8 Å². The van der Waals surface area contributed by atoms with Crippen molar-refractivity contribution in [2.45, 2.75) is 87.7 Å². The maximum Gasteiger partial charge on any atom is 0.222 e. The number of benzene rings is 1. The predicted octanol–water partition coefficient (Wildman–Crippen LogP) is 5.12. The van der Waals surface area contributed by atoms with Gasteiger partial charge in [0.2, 0.25) is 5.91 Å². The van der Waals surface area contributed by atoms with Gasteiger partial charge in [-0.1, -0.05) is 51.9 Å². The Balaban J connectivity index is 1.68. The zero-order valence-corrected chi connectivity index (χ0v) is 17.9. The Morgan fingerprint density at radius 1 is 0.964 bits per heavy atom. The van der Waals surface area contributed by atoms with Gasteiger partial charge in [-0.25, -0.2) is 12.8 Å². The van der Waals surface area contributed by atoms with Crippen LogP contribution < -0.4 is 0 Å². The van der Waals surface area contributed by atoms with E-state index in [9.17, 15) is 17.6 Å². The number of rotatable bonds is 11. The Morgan fingerprint density at radius 2 is 1.50 bits per heavy atom. The summed E-state index contributed by atoms with van der Waals surface area (Å²) in [6.07, 6.45) is 11.1. The van der Waals surface area contributed by atoms with Crippen molar-refractivity contribution in [1.82, 2.24) is 4.90 Å². The summed E-state index contributed by atoms with van der Waals surface area (Å²) < 4.78 is 38.4. The summed E-state index contributed by atoms with van der Waals surface area (Å²) in [6, 6.07) is 5.00. The minimum atomic E-state index is -3.47. The van der Waals surface area contributed by atoms with Gasteiger partial charge in [0.15, 0.2) is 9.84 Å². The van der Waals surface area contributed by atoms with Gasteiger partial charge in [0.05, 0.1) is 10.1 Å². The highest BCUT2D eigenvalue weighted by Gasteiger charge is 2.32. The molecular weight excluding hydrogens is 377 g/mol. The Kier molecular flexibility index (Phi) is 9.42. The molecule has 4 nitrogen and oxygen atoms in total. The summed E-state index contributed by atoms with van der Waals surface area (Å²) in [5.74, 6) is -0.302. The number of hydrogen-bond donors (Lipinski definition) is 0. The van der Waals surface area contributed by atoms with Crippen LogP contribution in [-0.4, -0.2) is 37.6 Å². The van der Waals surface area contributed by atoms with Crippen LogP contribution in [0.2, 0.25) is 0 Å². The molecule has 0 saturated carbocycles. The van der Waals surface area contributed by atoms with Crippen LogP contribution >= 0.6 is 0 Å². The van der Waals surface area contributed by atoms with Gasteiger partial charge in [0, 0.05) is 19.5 Å². The number of sulfone groups is 1.